The van der Waals surface area contributed by atoms with E-state index in [2.05, 4.69) is 4.72 Å². The second kappa shape index (κ2) is 5.33. The van der Waals surface area contributed by atoms with E-state index in [9.17, 15) is 13.2 Å². The van der Waals surface area contributed by atoms with Crippen LogP contribution in [0.25, 0.3) is 10.1 Å². The SMILES string of the molecule is CC1(C)CC(S(=O)(=O)NC(=O)c2cc3ccccc3s2)CO1. The van der Waals surface area contributed by atoms with Gasteiger partial charge in [0.15, 0.2) is 0 Å². The third-order valence-electron chi connectivity index (χ3n) is 3.70. The summed E-state index contributed by atoms with van der Waals surface area (Å²) in [6.07, 6.45) is 0.377. The van der Waals surface area contributed by atoms with Crippen molar-refractivity contribution in [2.75, 3.05) is 6.61 Å². The third kappa shape index (κ3) is 3.02. The second-order valence-corrected chi connectivity index (χ2v) is 9.07. The van der Waals surface area contributed by atoms with Crippen LogP contribution < -0.4 is 4.72 Å². The van der Waals surface area contributed by atoms with Gasteiger partial charge in [-0.05, 0) is 37.8 Å². The highest BCUT2D eigenvalue weighted by Crippen LogP contribution is 2.29. The molecule has 1 amide bonds. The smallest absolute Gasteiger partial charge is 0.274 e. The lowest BCUT2D eigenvalue weighted by molar-refractivity contribution is 0.0368. The standard InChI is InChI=1S/C15H17NO4S2/c1-15(2)8-11(9-20-15)22(18,19)16-14(17)13-7-10-5-3-4-6-12(10)21-13/h3-7,11H,8-9H2,1-2H3,(H,16,17). The van der Waals surface area contributed by atoms with Gasteiger partial charge in [0, 0.05) is 4.70 Å². The van der Waals surface area contributed by atoms with E-state index in [4.69, 9.17) is 4.74 Å². The van der Waals surface area contributed by atoms with Gasteiger partial charge in [-0.3, -0.25) is 4.79 Å². The Morgan fingerprint density at radius 3 is 2.73 bits per heavy atom. The summed E-state index contributed by atoms with van der Waals surface area (Å²) < 4.78 is 33.2. The minimum absolute atomic E-state index is 0.113. The maximum absolute atomic E-state index is 12.3. The number of hydrogen-bond donors (Lipinski definition) is 1. The van der Waals surface area contributed by atoms with Crippen LogP contribution in [-0.4, -0.2) is 31.8 Å². The van der Waals surface area contributed by atoms with Crippen LogP contribution in [0.3, 0.4) is 0 Å². The van der Waals surface area contributed by atoms with Gasteiger partial charge in [-0.25, -0.2) is 13.1 Å². The molecular formula is C15H17NO4S2. The Morgan fingerprint density at radius 2 is 2.09 bits per heavy atom. The van der Waals surface area contributed by atoms with Gasteiger partial charge in [-0.1, -0.05) is 18.2 Å². The van der Waals surface area contributed by atoms with Crippen LogP contribution in [-0.2, 0) is 14.8 Å². The van der Waals surface area contributed by atoms with E-state index in [1.54, 1.807) is 6.07 Å². The number of amides is 1. The first-order valence-corrected chi connectivity index (χ1v) is 9.32. The minimum Gasteiger partial charge on any atom is -0.374 e. The van der Waals surface area contributed by atoms with Crippen LogP contribution in [0.2, 0.25) is 0 Å². The Kier molecular flexibility index (Phi) is 3.74. The summed E-state index contributed by atoms with van der Waals surface area (Å²) in [5, 5.41) is 0.237. The molecular weight excluding hydrogens is 322 g/mol. The molecule has 118 valence electrons. The Balaban J connectivity index is 1.78. The van der Waals surface area contributed by atoms with E-state index in [0.29, 0.717) is 11.3 Å². The second-order valence-electron chi connectivity index (χ2n) is 6.02. The third-order valence-corrected chi connectivity index (χ3v) is 6.47. The normalized spacial score (nSPS) is 21.1. The number of sulfonamides is 1. The van der Waals surface area contributed by atoms with E-state index in [0.717, 1.165) is 10.1 Å². The molecule has 1 aliphatic rings. The summed E-state index contributed by atoms with van der Waals surface area (Å²) in [5.41, 5.74) is -0.472. The van der Waals surface area contributed by atoms with Crippen molar-refractivity contribution in [3.05, 3.63) is 35.2 Å². The molecule has 1 aromatic heterocycles. The molecule has 1 saturated heterocycles. The number of fused-ring (bicyclic) bond motifs is 1. The fourth-order valence-electron chi connectivity index (χ4n) is 2.54. The van der Waals surface area contributed by atoms with Crippen molar-refractivity contribution < 1.29 is 17.9 Å². The monoisotopic (exact) mass is 339 g/mol. The van der Waals surface area contributed by atoms with Gasteiger partial charge in [0.2, 0.25) is 10.0 Å². The molecule has 1 aromatic carbocycles. The number of rotatable bonds is 3. The largest absolute Gasteiger partial charge is 0.374 e. The molecule has 7 heteroatoms. The fraction of sp³-hybridized carbons (Fsp3) is 0.400. The zero-order valence-corrected chi connectivity index (χ0v) is 14.0. The Morgan fingerprint density at radius 1 is 1.36 bits per heavy atom. The molecule has 2 heterocycles. The summed E-state index contributed by atoms with van der Waals surface area (Å²) in [6, 6.07) is 9.27. The highest BCUT2D eigenvalue weighted by atomic mass is 32.2. The molecule has 1 unspecified atom stereocenters. The number of thiophene rings is 1. The lowest BCUT2D eigenvalue weighted by Gasteiger charge is -2.15. The number of carbonyl (C=O) groups is 1. The Hall–Kier alpha value is -1.44. The number of carbonyl (C=O) groups excluding carboxylic acids is 1. The Labute approximate surface area is 133 Å². The molecule has 0 spiro atoms. The molecule has 2 aromatic rings. The van der Waals surface area contributed by atoms with Gasteiger partial charge < -0.3 is 4.74 Å². The predicted molar refractivity (Wildman–Crippen MR) is 86.6 cm³/mol. The number of ether oxygens (including phenoxy) is 1. The molecule has 0 bridgehead atoms. The topological polar surface area (TPSA) is 72.5 Å². The predicted octanol–water partition coefficient (Wildman–Crippen LogP) is 2.53. The van der Waals surface area contributed by atoms with Gasteiger partial charge in [-0.2, -0.15) is 0 Å². The molecule has 0 saturated carbocycles. The maximum atomic E-state index is 12.3. The summed E-state index contributed by atoms with van der Waals surface area (Å²) in [6.45, 7) is 3.80. The molecule has 0 radical (unpaired) electrons. The van der Waals surface area contributed by atoms with Crippen LogP contribution in [0.1, 0.15) is 29.9 Å². The molecule has 0 aliphatic carbocycles. The van der Waals surface area contributed by atoms with Crippen molar-refractivity contribution in [1.82, 2.24) is 4.72 Å². The number of hydrogen-bond acceptors (Lipinski definition) is 5. The molecule has 5 nitrogen and oxygen atoms in total. The van der Waals surface area contributed by atoms with Crippen LogP contribution in [0.15, 0.2) is 30.3 Å². The molecule has 22 heavy (non-hydrogen) atoms. The van der Waals surface area contributed by atoms with E-state index in [-0.39, 0.29) is 6.61 Å². The highest BCUT2D eigenvalue weighted by molar-refractivity contribution is 7.90. The molecule has 1 fully saturated rings. The van der Waals surface area contributed by atoms with Crippen molar-refractivity contribution in [2.24, 2.45) is 0 Å². The summed E-state index contributed by atoms with van der Waals surface area (Å²) in [4.78, 5) is 12.6. The van der Waals surface area contributed by atoms with Gasteiger partial charge in [0.05, 0.1) is 17.1 Å². The van der Waals surface area contributed by atoms with Crippen molar-refractivity contribution in [3.8, 4) is 0 Å². The molecule has 3 rings (SSSR count). The van der Waals surface area contributed by atoms with Crippen molar-refractivity contribution >= 4 is 37.4 Å². The Bertz CT molecular complexity index is 790. The van der Waals surface area contributed by atoms with Gasteiger partial charge >= 0.3 is 0 Å². The quantitative estimate of drug-likeness (QED) is 0.933. The van der Waals surface area contributed by atoms with Crippen LogP contribution in [0, 0.1) is 0 Å². The minimum atomic E-state index is -3.73. The average molecular weight is 339 g/mol. The van der Waals surface area contributed by atoms with Crippen LogP contribution >= 0.6 is 11.3 Å². The highest BCUT2D eigenvalue weighted by Gasteiger charge is 2.40. The number of benzene rings is 1. The van der Waals surface area contributed by atoms with Gasteiger partial charge in [0.1, 0.15) is 5.25 Å². The van der Waals surface area contributed by atoms with Crippen LogP contribution in [0.4, 0.5) is 0 Å². The average Bonchev–Trinajstić information content (AvgIpc) is 3.01. The first kappa shape index (κ1) is 15.5. The summed E-state index contributed by atoms with van der Waals surface area (Å²) in [5.74, 6) is -0.578. The van der Waals surface area contributed by atoms with E-state index in [1.807, 2.05) is 38.1 Å². The summed E-state index contributed by atoms with van der Waals surface area (Å²) >= 11 is 1.28. The van der Waals surface area contributed by atoms with Crippen molar-refractivity contribution in [1.29, 1.82) is 0 Å². The number of nitrogens with one attached hydrogen (secondary N) is 1. The molecule has 1 N–H and O–H groups in total. The zero-order chi connectivity index (χ0) is 16.0. The zero-order valence-electron chi connectivity index (χ0n) is 12.3. The lowest BCUT2D eigenvalue weighted by Crippen LogP contribution is -2.38. The van der Waals surface area contributed by atoms with Crippen molar-refractivity contribution in [2.45, 2.75) is 31.1 Å². The maximum Gasteiger partial charge on any atom is 0.274 e. The van der Waals surface area contributed by atoms with E-state index in [1.165, 1.54) is 11.3 Å². The van der Waals surface area contributed by atoms with Gasteiger partial charge in [0.25, 0.3) is 5.91 Å². The van der Waals surface area contributed by atoms with Gasteiger partial charge in [-0.15, -0.1) is 11.3 Å². The van der Waals surface area contributed by atoms with Crippen LogP contribution in [0.5, 0.6) is 0 Å². The summed E-state index contributed by atoms with van der Waals surface area (Å²) in [7, 11) is -3.73. The van der Waals surface area contributed by atoms with E-state index >= 15 is 0 Å². The fourth-order valence-corrected chi connectivity index (χ4v) is 4.97. The first-order valence-electron chi connectivity index (χ1n) is 6.95. The molecule has 1 aliphatic heterocycles. The van der Waals surface area contributed by atoms with Crippen molar-refractivity contribution in [3.63, 3.8) is 0 Å². The van der Waals surface area contributed by atoms with E-state index < -0.39 is 26.8 Å². The first-order chi connectivity index (χ1) is 10.3. The lowest BCUT2D eigenvalue weighted by atomic mass is 10.1. The molecule has 1 atom stereocenters.